The van der Waals surface area contributed by atoms with Crippen LogP contribution in [-0.4, -0.2) is 34.1 Å². The highest BCUT2D eigenvalue weighted by Gasteiger charge is 2.25. The molecule has 2 aromatic heterocycles. The quantitative estimate of drug-likeness (QED) is 0.869. The summed E-state index contributed by atoms with van der Waals surface area (Å²) in [4.78, 5) is 14.6. The zero-order valence-corrected chi connectivity index (χ0v) is 11.9. The molecule has 0 radical (unpaired) electrons. The van der Waals surface area contributed by atoms with Gasteiger partial charge in [0.15, 0.2) is 0 Å². The number of aromatic nitrogens is 3. The minimum atomic E-state index is 0.116. The molecule has 104 valence electrons. The summed E-state index contributed by atoms with van der Waals surface area (Å²) in [6, 6.07) is 3.78. The summed E-state index contributed by atoms with van der Waals surface area (Å²) < 4.78 is 5.93. The van der Waals surface area contributed by atoms with Gasteiger partial charge in [-0.25, -0.2) is 9.97 Å². The first kappa shape index (κ1) is 13.1. The minimum absolute atomic E-state index is 0.116. The van der Waals surface area contributed by atoms with Crippen molar-refractivity contribution in [2.75, 3.05) is 18.0 Å². The zero-order chi connectivity index (χ0) is 13.9. The Kier molecular flexibility index (Phi) is 3.69. The van der Waals surface area contributed by atoms with E-state index in [0.717, 1.165) is 31.0 Å². The Morgan fingerprint density at radius 3 is 3.10 bits per heavy atom. The van der Waals surface area contributed by atoms with Crippen molar-refractivity contribution in [3.8, 4) is 5.75 Å². The molecule has 0 N–H and O–H groups in total. The van der Waals surface area contributed by atoms with E-state index >= 15 is 0 Å². The summed E-state index contributed by atoms with van der Waals surface area (Å²) in [6.45, 7) is 3.69. The smallest absolute Gasteiger partial charge is 0.141 e. The number of ether oxygens (including phenoxy) is 1. The number of pyridine rings is 1. The van der Waals surface area contributed by atoms with Crippen molar-refractivity contribution in [1.82, 2.24) is 15.0 Å². The lowest BCUT2D eigenvalue weighted by molar-refractivity contribution is 0.225. The van der Waals surface area contributed by atoms with Crippen molar-refractivity contribution in [1.29, 1.82) is 0 Å². The maximum absolute atomic E-state index is 6.06. The van der Waals surface area contributed by atoms with Crippen molar-refractivity contribution in [2.45, 2.75) is 19.4 Å². The van der Waals surface area contributed by atoms with Crippen molar-refractivity contribution in [3.05, 3.63) is 41.6 Å². The number of aryl methyl sites for hydroxylation is 1. The molecule has 6 heteroatoms. The third-order valence-electron chi connectivity index (χ3n) is 3.29. The summed E-state index contributed by atoms with van der Waals surface area (Å²) in [5, 5.41) is 0.545. The van der Waals surface area contributed by atoms with Crippen LogP contribution < -0.4 is 9.64 Å². The largest absolute Gasteiger partial charge is 0.487 e. The Labute approximate surface area is 122 Å². The molecule has 3 heterocycles. The van der Waals surface area contributed by atoms with Gasteiger partial charge in [0.25, 0.3) is 0 Å². The van der Waals surface area contributed by atoms with Gasteiger partial charge in [-0.2, -0.15) is 0 Å². The normalized spacial score (nSPS) is 18.3. The van der Waals surface area contributed by atoms with Crippen LogP contribution in [0.3, 0.4) is 0 Å². The minimum Gasteiger partial charge on any atom is -0.487 e. The molecular weight excluding hydrogens is 276 g/mol. The standard InChI is InChI=1S/C14H15ClN4O/c1-10-6-14(18-9-17-10)19-5-3-11(8-19)20-13-2-4-16-7-12(13)15/h2,4,6-7,9,11H,3,5,8H2,1H3. The molecule has 0 amide bonds. The van der Waals surface area contributed by atoms with Gasteiger partial charge >= 0.3 is 0 Å². The first-order valence-corrected chi connectivity index (χ1v) is 6.90. The molecule has 5 nitrogen and oxygen atoms in total. The fourth-order valence-corrected chi connectivity index (χ4v) is 2.45. The lowest BCUT2D eigenvalue weighted by atomic mass is 10.3. The molecular formula is C14H15ClN4O. The van der Waals surface area contributed by atoms with E-state index in [1.54, 1.807) is 24.8 Å². The highest BCUT2D eigenvalue weighted by Crippen LogP contribution is 2.26. The second-order valence-corrected chi connectivity index (χ2v) is 5.21. The number of rotatable bonds is 3. The van der Waals surface area contributed by atoms with Crippen molar-refractivity contribution in [2.24, 2.45) is 0 Å². The summed E-state index contributed by atoms with van der Waals surface area (Å²) in [7, 11) is 0. The van der Waals surface area contributed by atoms with Gasteiger partial charge in [-0.3, -0.25) is 4.98 Å². The van der Waals surface area contributed by atoms with Gasteiger partial charge in [-0.1, -0.05) is 11.6 Å². The summed E-state index contributed by atoms with van der Waals surface area (Å²) in [5.74, 6) is 1.64. The number of nitrogens with zero attached hydrogens (tertiary/aromatic N) is 4. The van der Waals surface area contributed by atoms with Gasteiger partial charge in [0.2, 0.25) is 0 Å². The molecule has 1 unspecified atom stereocenters. The lowest BCUT2D eigenvalue weighted by Crippen LogP contribution is -2.25. The molecule has 0 spiro atoms. The number of hydrogen-bond donors (Lipinski definition) is 0. The van der Waals surface area contributed by atoms with Crippen LogP contribution in [-0.2, 0) is 0 Å². The second kappa shape index (κ2) is 5.63. The lowest BCUT2D eigenvalue weighted by Gasteiger charge is -2.18. The molecule has 1 saturated heterocycles. The van der Waals surface area contributed by atoms with Crippen LogP contribution in [0.15, 0.2) is 30.9 Å². The average Bonchev–Trinajstić information content (AvgIpc) is 2.90. The highest BCUT2D eigenvalue weighted by molar-refractivity contribution is 6.31. The fraction of sp³-hybridized carbons (Fsp3) is 0.357. The molecule has 0 aromatic carbocycles. The van der Waals surface area contributed by atoms with E-state index in [1.165, 1.54) is 0 Å². The summed E-state index contributed by atoms with van der Waals surface area (Å²) in [5.41, 5.74) is 0.969. The van der Waals surface area contributed by atoms with E-state index in [0.29, 0.717) is 10.8 Å². The van der Waals surface area contributed by atoms with E-state index < -0.39 is 0 Å². The van der Waals surface area contributed by atoms with Gasteiger partial charge in [0.1, 0.15) is 29.0 Å². The predicted molar refractivity (Wildman–Crippen MR) is 77.3 cm³/mol. The molecule has 1 aliphatic rings. The molecule has 0 aliphatic carbocycles. The van der Waals surface area contributed by atoms with Gasteiger partial charge in [-0.05, 0) is 6.92 Å². The Morgan fingerprint density at radius 1 is 1.40 bits per heavy atom. The van der Waals surface area contributed by atoms with Crippen LogP contribution in [0, 0.1) is 6.92 Å². The van der Waals surface area contributed by atoms with Gasteiger partial charge in [0, 0.05) is 43.2 Å². The first-order valence-electron chi connectivity index (χ1n) is 6.52. The van der Waals surface area contributed by atoms with E-state index in [4.69, 9.17) is 16.3 Å². The van der Waals surface area contributed by atoms with Crippen molar-refractivity contribution in [3.63, 3.8) is 0 Å². The topological polar surface area (TPSA) is 51.1 Å². The van der Waals surface area contributed by atoms with Gasteiger partial charge in [0.05, 0.1) is 6.54 Å². The number of anilines is 1. The molecule has 0 saturated carbocycles. The van der Waals surface area contributed by atoms with Crippen molar-refractivity contribution < 1.29 is 4.74 Å². The van der Waals surface area contributed by atoms with Crippen LogP contribution in [0.25, 0.3) is 0 Å². The zero-order valence-electron chi connectivity index (χ0n) is 11.2. The molecule has 1 fully saturated rings. The maximum atomic E-state index is 6.06. The van der Waals surface area contributed by atoms with Crippen LogP contribution in [0.1, 0.15) is 12.1 Å². The first-order chi connectivity index (χ1) is 9.72. The second-order valence-electron chi connectivity index (χ2n) is 4.80. The van der Waals surface area contributed by atoms with Crippen molar-refractivity contribution >= 4 is 17.4 Å². The molecule has 3 rings (SSSR count). The summed E-state index contributed by atoms with van der Waals surface area (Å²) in [6.07, 6.45) is 5.93. The van der Waals surface area contributed by atoms with E-state index in [2.05, 4.69) is 19.9 Å². The third-order valence-corrected chi connectivity index (χ3v) is 3.57. The third kappa shape index (κ3) is 2.82. The SMILES string of the molecule is Cc1cc(N2CCC(Oc3ccncc3Cl)C2)ncn1. The molecule has 1 aliphatic heterocycles. The average molecular weight is 291 g/mol. The van der Waals surface area contributed by atoms with Gasteiger partial charge in [-0.15, -0.1) is 0 Å². The highest BCUT2D eigenvalue weighted by atomic mass is 35.5. The van der Waals surface area contributed by atoms with Crippen LogP contribution in [0.4, 0.5) is 5.82 Å². The van der Waals surface area contributed by atoms with Crippen LogP contribution in [0.5, 0.6) is 5.75 Å². The molecule has 0 bridgehead atoms. The van der Waals surface area contributed by atoms with E-state index in [1.807, 2.05) is 13.0 Å². The molecule has 20 heavy (non-hydrogen) atoms. The summed E-state index contributed by atoms with van der Waals surface area (Å²) >= 11 is 6.06. The van der Waals surface area contributed by atoms with Crippen LogP contribution >= 0.6 is 11.6 Å². The number of halogens is 1. The number of hydrogen-bond acceptors (Lipinski definition) is 5. The Bertz CT molecular complexity index is 607. The van der Waals surface area contributed by atoms with Crippen LogP contribution in [0.2, 0.25) is 5.02 Å². The van der Waals surface area contributed by atoms with E-state index in [9.17, 15) is 0 Å². The Balaban J connectivity index is 1.67. The van der Waals surface area contributed by atoms with Gasteiger partial charge < -0.3 is 9.64 Å². The Hall–Kier alpha value is -1.88. The Morgan fingerprint density at radius 2 is 2.30 bits per heavy atom. The van der Waals surface area contributed by atoms with E-state index in [-0.39, 0.29) is 6.10 Å². The predicted octanol–water partition coefficient (Wildman–Crippen LogP) is 2.49. The fourth-order valence-electron chi connectivity index (χ4n) is 2.28. The molecule has 2 aromatic rings. The molecule has 1 atom stereocenters. The maximum Gasteiger partial charge on any atom is 0.141 e. The monoisotopic (exact) mass is 290 g/mol.